The molecule has 0 radical (unpaired) electrons. The first-order chi connectivity index (χ1) is 10.7. The van der Waals surface area contributed by atoms with E-state index in [1.807, 2.05) is 4.74 Å². The molecule has 0 rings (SSSR count). The Kier molecular flexibility index (Phi) is 6.25. The van der Waals surface area contributed by atoms with Crippen molar-refractivity contribution in [2.24, 2.45) is 0 Å². The maximum absolute atomic E-state index is 13.3. The van der Waals surface area contributed by atoms with Gasteiger partial charge in [0.15, 0.2) is 0 Å². The minimum atomic E-state index is -7.41. The molecule has 0 heterocycles. The fourth-order valence-corrected chi connectivity index (χ4v) is 0.916. The van der Waals surface area contributed by atoms with Crippen molar-refractivity contribution in [3.05, 3.63) is 0 Å². The molecule has 17 heteroatoms. The summed E-state index contributed by atoms with van der Waals surface area (Å²) in [6.45, 7) is 0. The van der Waals surface area contributed by atoms with Gasteiger partial charge >= 0.3 is 36.1 Å². The fourth-order valence-electron chi connectivity index (χ4n) is 0.916. The molecule has 150 valence electrons. The smallest absolute Gasteiger partial charge is 0.458 e. The fraction of sp³-hybridized carbons (Fsp3) is 0.875. The van der Waals surface area contributed by atoms with Crippen molar-refractivity contribution < 1.29 is 76.5 Å². The van der Waals surface area contributed by atoms with Gasteiger partial charge in [-0.2, -0.15) is 43.9 Å². The average Bonchev–Trinajstić information content (AvgIpc) is 2.35. The monoisotopic (exact) mass is 410 g/mol. The standard InChI is InChI=1S/C8H3F13O4/c9-1(10)2(11)24-8(20,21)5(14,6(15,16)17)25-7(18,19)4(12,13)3(22)23/h1-2H,(H,22,23). The third-order valence-electron chi connectivity index (χ3n) is 2.10. The summed E-state index contributed by atoms with van der Waals surface area (Å²) in [6, 6.07) is 0. The number of hydrogen-bond acceptors (Lipinski definition) is 3. The lowest BCUT2D eigenvalue weighted by atomic mass is 10.2. The van der Waals surface area contributed by atoms with Crippen LogP contribution in [-0.2, 0) is 14.3 Å². The highest BCUT2D eigenvalue weighted by Gasteiger charge is 2.81. The van der Waals surface area contributed by atoms with Crippen molar-refractivity contribution >= 4 is 5.97 Å². The number of alkyl halides is 13. The van der Waals surface area contributed by atoms with Crippen LogP contribution in [0.2, 0.25) is 0 Å². The van der Waals surface area contributed by atoms with Crippen LogP contribution in [0.5, 0.6) is 0 Å². The van der Waals surface area contributed by atoms with Gasteiger partial charge < -0.3 is 5.11 Å². The highest BCUT2D eigenvalue weighted by Crippen LogP contribution is 2.52. The second kappa shape index (κ2) is 6.65. The molecule has 25 heavy (non-hydrogen) atoms. The van der Waals surface area contributed by atoms with Gasteiger partial charge in [-0.05, 0) is 0 Å². The van der Waals surface area contributed by atoms with Crippen LogP contribution in [0.1, 0.15) is 0 Å². The molecule has 0 aromatic rings. The Morgan fingerprint density at radius 2 is 1.20 bits per heavy atom. The SMILES string of the molecule is O=C(O)C(F)(F)C(F)(F)OC(F)(C(F)(F)F)C(F)(F)OC(F)C(F)F. The van der Waals surface area contributed by atoms with E-state index in [1.165, 1.54) is 0 Å². The molecule has 0 saturated carbocycles. The van der Waals surface area contributed by atoms with Crippen molar-refractivity contribution in [3.8, 4) is 0 Å². The van der Waals surface area contributed by atoms with E-state index in [1.54, 1.807) is 4.74 Å². The zero-order chi connectivity index (χ0) is 20.6. The molecule has 0 saturated heterocycles. The van der Waals surface area contributed by atoms with Crippen LogP contribution in [0.4, 0.5) is 57.1 Å². The molecule has 0 bridgehead atoms. The van der Waals surface area contributed by atoms with E-state index in [0.717, 1.165) is 0 Å². The summed E-state index contributed by atoms with van der Waals surface area (Å²) in [4.78, 5) is 9.83. The zero-order valence-corrected chi connectivity index (χ0v) is 10.7. The first-order valence-corrected chi connectivity index (χ1v) is 5.15. The third kappa shape index (κ3) is 4.36. The third-order valence-corrected chi connectivity index (χ3v) is 2.10. The lowest BCUT2D eigenvalue weighted by Gasteiger charge is -2.37. The van der Waals surface area contributed by atoms with Crippen LogP contribution in [0.3, 0.4) is 0 Å². The maximum atomic E-state index is 13.3. The molecule has 2 unspecified atom stereocenters. The van der Waals surface area contributed by atoms with Gasteiger partial charge in [-0.15, -0.1) is 0 Å². The van der Waals surface area contributed by atoms with E-state index in [4.69, 9.17) is 5.11 Å². The Labute approximate surface area is 127 Å². The molecule has 0 amide bonds. The number of carboxylic acid groups (broad SMARTS) is 1. The highest BCUT2D eigenvalue weighted by molar-refractivity contribution is 5.76. The van der Waals surface area contributed by atoms with Crippen molar-refractivity contribution in [1.29, 1.82) is 0 Å². The van der Waals surface area contributed by atoms with Crippen LogP contribution in [0.15, 0.2) is 0 Å². The second-order valence-electron chi connectivity index (χ2n) is 3.91. The summed E-state index contributed by atoms with van der Waals surface area (Å²) in [5, 5.41) is 7.71. The minimum absolute atomic E-state index is 1.62. The van der Waals surface area contributed by atoms with Crippen LogP contribution in [-0.4, -0.2) is 54.0 Å². The van der Waals surface area contributed by atoms with Crippen molar-refractivity contribution in [3.63, 3.8) is 0 Å². The van der Waals surface area contributed by atoms with E-state index in [2.05, 4.69) is 0 Å². The minimum Gasteiger partial charge on any atom is -0.477 e. The molecular formula is C8H3F13O4. The molecule has 0 aliphatic carbocycles. The molecule has 1 N–H and O–H groups in total. The normalized spacial score (nSPS) is 18.2. The van der Waals surface area contributed by atoms with Crippen LogP contribution in [0, 0.1) is 0 Å². The van der Waals surface area contributed by atoms with E-state index < -0.39 is 48.9 Å². The number of ether oxygens (including phenoxy) is 2. The van der Waals surface area contributed by atoms with Crippen molar-refractivity contribution in [2.45, 2.75) is 43.0 Å². The summed E-state index contributed by atoms with van der Waals surface area (Å²) in [6.07, 6.45) is -30.9. The molecular weight excluding hydrogens is 407 g/mol. The van der Waals surface area contributed by atoms with Gasteiger partial charge in [0.1, 0.15) is 0 Å². The predicted molar refractivity (Wildman–Crippen MR) is 45.4 cm³/mol. The van der Waals surface area contributed by atoms with Crippen LogP contribution < -0.4 is 0 Å². The van der Waals surface area contributed by atoms with Gasteiger partial charge in [-0.25, -0.2) is 18.0 Å². The molecule has 0 aliphatic heterocycles. The molecule has 0 aromatic carbocycles. The Bertz CT molecular complexity index is 489. The number of rotatable bonds is 8. The maximum Gasteiger partial charge on any atom is 0.458 e. The van der Waals surface area contributed by atoms with Crippen LogP contribution in [0.25, 0.3) is 0 Å². The van der Waals surface area contributed by atoms with Gasteiger partial charge in [0.25, 0.3) is 12.8 Å². The second-order valence-corrected chi connectivity index (χ2v) is 3.91. The Balaban J connectivity index is 6.06. The van der Waals surface area contributed by atoms with Gasteiger partial charge in [0.05, 0.1) is 0 Å². The number of halogens is 13. The van der Waals surface area contributed by atoms with Gasteiger partial charge in [0.2, 0.25) is 0 Å². The molecule has 0 spiro atoms. The number of carboxylic acids is 1. The predicted octanol–water partition coefficient (Wildman–Crippen LogP) is 3.71. The van der Waals surface area contributed by atoms with Gasteiger partial charge in [-0.1, -0.05) is 0 Å². The lowest BCUT2D eigenvalue weighted by Crippen LogP contribution is -2.65. The van der Waals surface area contributed by atoms with Crippen LogP contribution >= 0.6 is 0 Å². The van der Waals surface area contributed by atoms with Crippen molar-refractivity contribution in [1.82, 2.24) is 0 Å². The molecule has 2 atom stereocenters. The Hall–Kier alpha value is -1.52. The number of carbonyl (C=O) groups is 1. The highest BCUT2D eigenvalue weighted by atomic mass is 19.4. The van der Waals surface area contributed by atoms with E-state index >= 15 is 0 Å². The molecule has 0 fully saturated rings. The topological polar surface area (TPSA) is 55.8 Å². The Morgan fingerprint density at radius 3 is 1.48 bits per heavy atom. The first-order valence-electron chi connectivity index (χ1n) is 5.15. The number of hydrogen-bond donors (Lipinski definition) is 1. The van der Waals surface area contributed by atoms with E-state index in [0.29, 0.717) is 0 Å². The molecule has 0 aromatic heterocycles. The number of aliphatic carboxylic acids is 1. The Morgan fingerprint density at radius 1 is 0.800 bits per heavy atom. The quantitative estimate of drug-likeness (QED) is 0.621. The average molecular weight is 410 g/mol. The van der Waals surface area contributed by atoms with Gasteiger partial charge in [0, 0.05) is 0 Å². The largest absolute Gasteiger partial charge is 0.477 e. The molecule has 0 aliphatic rings. The zero-order valence-electron chi connectivity index (χ0n) is 10.7. The summed E-state index contributed by atoms with van der Waals surface area (Å²) in [5.41, 5.74) is 0. The summed E-state index contributed by atoms with van der Waals surface area (Å²) in [5.74, 6) is -18.0. The van der Waals surface area contributed by atoms with Gasteiger partial charge in [-0.3, -0.25) is 9.47 Å². The summed E-state index contributed by atoms with van der Waals surface area (Å²) in [7, 11) is 0. The lowest BCUT2D eigenvalue weighted by molar-refractivity contribution is -0.524. The van der Waals surface area contributed by atoms with Crippen molar-refractivity contribution in [2.75, 3.05) is 0 Å². The summed E-state index contributed by atoms with van der Waals surface area (Å²) < 4.78 is 166. The molecule has 4 nitrogen and oxygen atoms in total. The van der Waals surface area contributed by atoms with E-state index in [-0.39, 0.29) is 0 Å². The summed E-state index contributed by atoms with van der Waals surface area (Å²) >= 11 is 0. The van der Waals surface area contributed by atoms with E-state index in [9.17, 15) is 61.9 Å². The first kappa shape index (κ1) is 23.5.